The van der Waals surface area contributed by atoms with Crippen molar-refractivity contribution < 1.29 is 28.6 Å². The van der Waals surface area contributed by atoms with E-state index in [9.17, 15) is 14.4 Å². The number of allylic oxidation sites excluding steroid dienone is 12. The van der Waals surface area contributed by atoms with Gasteiger partial charge in [-0.1, -0.05) is 254 Å². The Morgan fingerprint density at radius 2 is 0.565 bits per heavy atom. The Labute approximate surface area is 427 Å². The molecule has 0 bridgehead atoms. The summed E-state index contributed by atoms with van der Waals surface area (Å²) in [6.07, 6.45) is 73.3. The third kappa shape index (κ3) is 55.6. The van der Waals surface area contributed by atoms with Crippen LogP contribution in [0.4, 0.5) is 0 Å². The van der Waals surface area contributed by atoms with Crippen LogP contribution in [0, 0.1) is 0 Å². The van der Waals surface area contributed by atoms with Crippen LogP contribution in [-0.2, 0) is 28.6 Å². The largest absolute Gasteiger partial charge is 0.462 e. The van der Waals surface area contributed by atoms with Gasteiger partial charge in [-0.3, -0.25) is 14.4 Å². The maximum atomic E-state index is 12.9. The van der Waals surface area contributed by atoms with Crippen molar-refractivity contribution in [1.29, 1.82) is 0 Å². The number of ether oxygens (including phenoxy) is 3. The Morgan fingerprint density at radius 3 is 0.913 bits per heavy atom. The lowest BCUT2D eigenvalue weighted by Crippen LogP contribution is -2.30. The minimum absolute atomic E-state index is 0.0838. The lowest BCUT2D eigenvalue weighted by Gasteiger charge is -2.18. The highest BCUT2D eigenvalue weighted by Gasteiger charge is 2.19. The molecule has 6 nitrogen and oxygen atoms in total. The van der Waals surface area contributed by atoms with E-state index < -0.39 is 6.10 Å². The van der Waals surface area contributed by atoms with Crippen LogP contribution in [-0.4, -0.2) is 37.2 Å². The van der Waals surface area contributed by atoms with Gasteiger partial charge in [-0.25, -0.2) is 0 Å². The average molecular weight is 964 g/mol. The Hall–Kier alpha value is -3.15. The molecule has 69 heavy (non-hydrogen) atoms. The Morgan fingerprint density at radius 1 is 0.304 bits per heavy atom. The topological polar surface area (TPSA) is 78.9 Å². The first-order chi connectivity index (χ1) is 34.0. The Kier molecular flexibility index (Phi) is 54.8. The normalized spacial score (nSPS) is 12.6. The number of carbonyl (C=O) groups is 3. The van der Waals surface area contributed by atoms with Crippen LogP contribution in [0.2, 0.25) is 0 Å². The number of rotatable bonds is 53. The van der Waals surface area contributed by atoms with E-state index in [1.54, 1.807) is 0 Å². The van der Waals surface area contributed by atoms with Gasteiger partial charge in [-0.2, -0.15) is 0 Å². The first kappa shape index (κ1) is 65.8. The van der Waals surface area contributed by atoms with Crippen molar-refractivity contribution in [1.82, 2.24) is 0 Å². The van der Waals surface area contributed by atoms with E-state index >= 15 is 0 Å². The summed E-state index contributed by atoms with van der Waals surface area (Å²) >= 11 is 0. The monoisotopic (exact) mass is 963 g/mol. The number of hydrogen-bond acceptors (Lipinski definition) is 6. The molecule has 0 aromatic rings. The predicted octanol–water partition coefficient (Wildman–Crippen LogP) is 19.8. The molecule has 0 saturated carbocycles. The van der Waals surface area contributed by atoms with Crippen molar-refractivity contribution in [3.05, 3.63) is 72.9 Å². The lowest BCUT2D eigenvalue weighted by molar-refractivity contribution is -0.167. The van der Waals surface area contributed by atoms with Crippen LogP contribution in [0.1, 0.15) is 290 Å². The van der Waals surface area contributed by atoms with Gasteiger partial charge in [0.1, 0.15) is 13.2 Å². The average Bonchev–Trinajstić information content (AvgIpc) is 3.35. The molecule has 0 aliphatic rings. The molecule has 0 amide bonds. The lowest BCUT2D eigenvalue weighted by atomic mass is 10.0. The third-order valence-electron chi connectivity index (χ3n) is 12.7. The van der Waals surface area contributed by atoms with Gasteiger partial charge in [0.2, 0.25) is 0 Å². The van der Waals surface area contributed by atoms with Gasteiger partial charge in [0.05, 0.1) is 0 Å². The molecule has 0 radical (unpaired) electrons. The Balaban J connectivity index is 4.36. The highest BCUT2D eigenvalue weighted by atomic mass is 16.6. The zero-order valence-electron chi connectivity index (χ0n) is 45.6. The molecule has 0 heterocycles. The fourth-order valence-electron chi connectivity index (χ4n) is 8.29. The maximum absolute atomic E-state index is 12.9. The quantitative estimate of drug-likeness (QED) is 0.0262. The minimum Gasteiger partial charge on any atom is -0.462 e. The molecule has 0 aliphatic heterocycles. The van der Waals surface area contributed by atoms with Crippen LogP contribution in [0.25, 0.3) is 0 Å². The fourth-order valence-corrected chi connectivity index (χ4v) is 8.29. The van der Waals surface area contributed by atoms with Crippen molar-refractivity contribution in [3.8, 4) is 0 Å². The summed E-state index contributed by atoms with van der Waals surface area (Å²) in [7, 11) is 0. The van der Waals surface area contributed by atoms with Crippen LogP contribution in [0.3, 0.4) is 0 Å². The van der Waals surface area contributed by atoms with E-state index in [0.29, 0.717) is 19.3 Å². The molecule has 0 N–H and O–H groups in total. The highest BCUT2D eigenvalue weighted by Crippen LogP contribution is 2.16. The first-order valence-electron chi connectivity index (χ1n) is 29.4. The van der Waals surface area contributed by atoms with E-state index in [-0.39, 0.29) is 31.1 Å². The van der Waals surface area contributed by atoms with Crippen LogP contribution in [0.5, 0.6) is 0 Å². The molecule has 0 aromatic heterocycles. The summed E-state index contributed by atoms with van der Waals surface area (Å²) in [4.78, 5) is 38.1. The van der Waals surface area contributed by atoms with E-state index in [1.807, 2.05) is 0 Å². The van der Waals surface area contributed by atoms with Gasteiger partial charge >= 0.3 is 17.9 Å². The number of esters is 3. The molecule has 0 fully saturated rings. The van der Waals surface area contributed by atoms with E-state index in [0.717, 1.165) is 96.3 Å². The smallest absolute Gasteiger partial charge is 0.306 e. The molecule has 0 aromatic carbocycles. The Bertz CT molecular complexity index is 1290. The molecule has 0 saturated heterocycles. The molecule has 0 rings (SSSR count). The number of hydrogen-bond donors (Lipinski definition) is 0. The zero-order valence-corrected chi connectivity index (χ0v) is 45.6. The first-order valence-corrected chi connectivity index (χ1v) is 29.4. The van der Waals surface area contributed by atoms with Gasteiger partial charge in [0.15, 0.2) is 6.10 Å². The standard InChI is InChI=1S/C63H110O6/c1-4-7-10-13-16-19-22-24-26-28-30-31-33-35-37-39-42-45-48-51-54-57-63(66)69-60(58-67-61(64)55-52-49-46-43-40-21-18-15-12-9-6-3)59-68-62(65)56-53-50-47-44-41-38-36-34-32-29-27-25-23-20-17-14-11-8-5-2/h8,11,17,20,24-27,32,34,38,41,60H,4-7,9-10,12-16,18-19,21-23,28-31,33,35-37,39-40,42-59H2,1-3H3/b11-8-,20-17-,26-24-,27-25-,34-32-,41-38-/t60-/m0/s1. The van der Waals surface area contributed by atoms with Gasteiger partial charge in [0.25, 0.3) is 0 Å². The minimum atomic E-state index is -0.788. The SMILES string of the molecule is CC/C=C\C/C=C\C/C=C\C/C=C\C/C=C\CCCCCC(=O)OC[C@H](COC(=O)CCCCCCCCCCCCC)OC(=O)CCCCCCCCCCCCC/C=C\CCCCCCCC. The molecular weight excluding hydrogens is 853 g/mol. The molecule has 6 heteroatoms. The molecular formula is C63H110O6. The van der Waals surface area contributed by atoms with Crippen molar-refractivity contribution in [2.24, 2.45) is 0 Å². The van der Waals surface area contributed by atoms with Crippen molar-refractivity contribution >= 4 is 17.9 Å². The summed E-state index contributed by atoms with van der Waals surface area (Å²) in [6, 6.07) is 0. The molecule has 0 aliphatic carbocycles. The van der Waals surface area contributed by atoms with Crippen LogP contribution < -0.4 is 0 Å². The number of carbonyl (C=O) groups excluding carboxylic acids is 3. The van der Waals surface area contributed by atoms with Gasteiger partial charge < -0.3 is 14.2 Å². The van der Waals surface area contributed by atoms with Gasteiger partial charge in [0, 0.05) is 19.3 Å². The van der Waals surface area contributed by atoms with E-state index in [2.05, 4.69) is 93.7 Å². The second-order valence-electron chi connectivity index (χ2n) is 19.5. The second kappa shape index (κ2) is 57.4. The van der Waals surface area contributed by atoms with Crippen LogP contribution in [0.15, 0.2) is 72.9 Å². The molecule has 1 atom stereocenters. The predicted molar refractivity (Wildman–Crippen MR) is 298 cm³/mol. The van der Waals surface area contributed by atoms with E-state index in [1.165, 1.54) is 154 Å². The van der Waals surface area contributed by atoms with Crippen molar-refractivity contribution in [2.45, 2.75) is 297 Å². The summed E-state index contributed by atoms with van der Waals surface area (Å²) in [5.41, 5.74) is 0. The summed E-state index contributed by atoms with van der Waals surface area (Å²) in [6.45, 7) is 6.51. The molecule has 0 unspecified atom stereocenters. The molecule has 0 spiro atoms. The van der Waals surface area contributed by atoms with Crippen molar-refractivity contribution in [2.75, 3.05) is 13.2 Å². The third-order valence-corrected chi connectivity index (χ3v) is 12.7. The molecule has 398 valence electrons. The highest BCUT2D eigenvalue weighted by molar-refractivity contribution is 5.71. The van der Waals surface area contributed by atoms with Gasteiger partial charge in [-0.15, -0.1) is 0 Å². The van der Waals surface area contributed by atoms with E-state index in [4.69, 9.17) is 14.2 Å². The summed E-state index contributed by atoms with van der Waals surface area (Å²) in [5, 5.41) is 0. The summed E-state index contributed by atoms with van der Waals surface area (Å²) in [5.74, 6) is -0.909. The maximum Gasteiger partial charge on any atom is 0.306 e. The zero-order chi connectivity index (χ0) is 50.0. The number of unbranched alkanes of at least 4 members (excludes halogenated alkanes) is 30. The van der Waals surface area contributed by atoms with Crippen molar-refractivity contribution in [3.63, 3.8) is 0 Å². The summed E-state index contributed by atoms with van der Waals surface area (Å²) < 4.78 is 16.8. The second-order valence-corrected chi connectivity index (χ2v) is 19.5. The fraction of sp³-hybridized carbons (Fsp3) is 0.762. The van der Waals surface area contributed by atoms with Crippen LogP contribution >= 0.6 is 0 Å². The van der Waals surface area contributed by atoms with Gasteiger partial charge in [-0.05, 0) is 89.9 Å².